The van der Waals surface area contributed by atoms with Crippen molar-refractivity contribution in [1.82, 2.24) is 0 Å². The van der Waals surface area contributed by atoms with Crippen LogP contribution in [-0.4, -0.2) is 18.9 Å². The second kappa shape index (κ2) is 5.96. The van der Waals surface area contributed by atoms with Crippen LogP contribution >= 0.6 is 0 Å². The molecule has 0 aromatic heterocycles. The molecule has 1 heterocycles. The maximum atomic E-state index is 11.9. The van der Waals surface area contributed by atoms with Gasteiger partial charge in [0, 0.05) is 16.9 Å². The van der Waals surface area contributed by atoms with Crippen molar-refractivity contribution in [3.05, 3.63) is 60.7 Å². The fraction of sp³-hybridized carbons (Fsp3) is 0.111. The average molecular weight is 308 g/mol. The van der Waals surface area contributed by atoms with Crippen molar-refractivity contribution in [1.29, 1.82) is 0 Å². The number of hydrogen-bond donors (Lipinski definition) is 1. The van der Waals surface area contributed by atoms with Crippen LogP contribution in [0.5, 0.6) is 5.75 Å². The number of anilines is 3. The Balaban J connectivity index is 1.75. The van der Waals surface area contributed by atoms with Crippen LogP contribution in [0.2, 0.25) is 0 Å². The Bertz CT molecular complexity index is 764. The van der Waals surface area contributed by atoms with Crippen LogP contribution in [0, 0.1) is 0 Å². The predicted molar refractivity (Wildman–Crippen MR) is 89.0 cm³/mol. The molecule has 2 aromatic rings. The fourth-order valence-electron chi connectivity index (χ4n) is 2.40. The lowest BCUT2D eigenvalue weighted by molar-refractivity contribution is -0.120. The van der Waals surface area contributed by atoms with Gasteiger partial charge in [0.05, 0.1) is 19.2 Å². The lowest BCUT2D eigenvalue weighted by Crippen LogP contribution is -2.28. The summed E-state index contributed by atoms with van der Waals surface area (Å²) >= 11 is 0. The third-order valence-electron chi connectivity index (χ3n) is 3.62. The number of hydrogen-bond acceptors (Lipinski definition) is 4. The van der Waals surface area contributed by atoms with E-state index in [0.29, 0.717) is 11.3 Å². The number of methoxy groups -OCH3 is 1. The molecule has 1 aliphatic heterocycles. The predicted octanol–water partition coefficient (Wildman–Crippen LogP) is 3.26. The van der Waals surface area contributed by atoms with Crippen molar-refractivity contribution in [2.24, 2.45) is 0 Å². The van der Waals surface area contributed by atoms with Crippen LogP contribution in [0.4, 0.5) is 17.1 Å². The van der Waals surface area contributed by atoms with Crippen molar-refractivity contribution in [3.63, 3.8) is 0 Å². The number of ether oxygens (including phenoxy) is 1. The molecule has 0 radical (unpaired) electrons. The van der Waals surface area contributed by atoms with Crippen molar-refractivity contribution < 1.29 is 14.3 Å². The van der Waals surface area contributed by atoms with Gasteiger partial charge in [0.15, 0.2) is 0 Å². The van der Waals surface area contributed by atoms with Crippen molar-refractivity contribution in [2.75, 3.05) is 17.3 Å². The molecule has 116 valence electrons. The van der Waals surface area contributed by atoms with Gasteiger partial charge in [-0.3, -0.25) is 9.59 Å². The average Bonchev–Trinajstić information content (AvgIpc) is 2.82. The van der Waals surface area contributed by atoms with Gasteiger partial charge >= 0.3 is 0 Å². The van der Waals surface area contributed by atoms with E-state index in [1.165, 1.54) is 4.90 Å². The third-order valence-corrected chi connectivity index (χ3v) is 3.62. The van der Waals surface area contributed by atoms with Crippen LogP contribution in [0.25, 0.3) is 0 Å². The van der Waals surface area contributed by atoms with Crippen LogP contribution in [0.15, 0.2) is 60.7 Å². The number of carbonyl (C=O) groups is 2. The highest BCUT2D eigenvalue weighted by molar-refractivity contribution is 6.27. The topological polar surface area (TPSA) is 58.6 Å². The number of carbonyl (C=O) groups excluding carboxylic acids is 2. The summed E-state index contributed by atoms with van der Waals surface area (Å²) in [5.74, 6) is 0.221. The lowest BCUT2D eigenvalue weighted by atomic mass is 10.2. The van der Waals surface area contributed by atoms with Crippen LogP contribution in [0.3, 0.4) is 0 Å². The molecule has 2 amide bonds. The summed E-state index contributed by atoms with van der Waals surface area (Å²) in [6.45, 7) is 3.61. The molecule has 0 saturated carbocycles. The molecule has 0 bridgehead atoms. The molecular weight excluding hydrogens is 292 g/mol. The molecule has 1 saturated heterocycles. The molecule has 5 nitrogen and oxygen atoms in total. The van der Waals surface area contributed by atoms with E-state index in [4.69, 9.17) is 4.74 Å². The second-order valence-corrected chi connectivity index (χ2v) is 5.22. The second-order valence-electron chi connectivity index (χ2n) is 5.22. The van der Waals surface area contributed by atoms with Crippen LogP contribution in [0.1, 0.15) is 6.42 Å². The molecule has 0 atom stereocenters. The van der Waals surface area contributed by atoms with Gasteiger partial charge in [-0.1, -0.05) is 6.58 Å². The highest BCUT2D eigenvalue weighted by atomic mass is 16.5. The zero-order chi connectivity index (χ0) is 16.4. The summed E-state index contributed by atoms with van der Waals surface area (Å²) in [5.41, 5.74) is 2.66. The number of nitrogens with zero attached hydrogens (tertiary/aromatic N) is 1. The minimum absolute atomic E-state index is 0.0880. The highest BCUT2D eigenvalue weighted by Gasteiger charge is 2.33. The molecule has 1 fully saturated rings. The van der Waals surface area contributed by atoms with E-state index in [0.717, 1.165) is 17.1 Å². The molecule has 1 aliphatic rings. The first-order valence-electron chi connectivity index (χ1n) is 7.14. The number of rotatable bonds is 4. The standard InChI is InChI=1S/C18H16N2O3/c1-12-11-17(21)20(18(12)22)15-7-3-13(4-8-15)19-14-5-9-16(23-2)10-6-14/h3-10,19H,1,11H2,2H3. The summed E-state index contributed by atoms with van der Waals surface area (Å²) in [7, 11) is 1.62. The van der Waals surface area contributed by atoms with Gasteiger partial charge in [0.2, 0.25) is 5.91 Å². The van der Waals surface area contributed by atoms with Gasteiger partial charge in [-0.05, 0) is 48.5 Å². The van der Waals surface area contributed by atoms with Crippen molar-refractivity contribution >= 4 is 28.9 Å². The van der Waals surface area contributed by atoms with Gasteiger partial charge in [0.25, 0.3) is 5.91 Å². The first-order chi connectivity index (χ1) is 11.1. The van der Waals surface area contributed by atoms with Gasteiger partial charge in [-0.2, -0.15) is 0 Å². The van der Waals surface area contributed by atoms with E-state index in [1.807, 2.05) is 36.4 Å². The van der Waals surface area contributed by atoms with E-state index in [2.05, 4.69) is 11.9 Å². The Kier molecular flexibility index (Phi) is 3.85. The van der Waals surface area contributed by atoms with Crippen molar-refractivity contribution in [2.45, 2.75) is 6.42 Å². The normalized spacial score (nSPS) is 14.3. The molecule has 3 rings (SSSR count). The number of imide groups is 1. The minimum Gasteiger partial charge on any atom is -0.497 e. The van der Waals surface area contributed by atoms with E-state index in [9.17, 15) is 9.59 Å². The summed E-state index contributed by atoms with van der Waals surface area (Å²) in [6, 6.07) is 14.7. The quantitative estimate of drug-likeness (QED) is 0.696. The largest absolute Gasteiger partial charge is 0.497 e. The molecule has 2 aromatic carbocycles. The van der Waals surface area contributed by atoms with Crippen LogP contribution < -0.4 is 15.0 Å². The van der Waals surface area contributed by atoms with Crippen LogP contribution in [-0.2, 0) is 9.59 Å². The Morgan fingerprint density at radius 3 is 2.04 bits per heavy atom. The zero-order valence-electron chi connectivity index (χ0n) is 12.7. The Hall–Kier alpha value is -3.08. The molecule has 0 aliphatic carbocycles. The van der Waals surface area contributed by atoms with Gasteiger partial charge in [-0.25, -0.2) is 4.90 Å². The molecular formula is C18H16N2O3. The van der Waals surface area contributed by atoms with Crippen molar-refractivity contribution in [3.8, 4) is 5.75 Å². The Morgan fingerprint density at radius 1 is 1.00 bits per heavy atom. The fourth-order valence-corrected chi connectivity index (χ4v) is 2.40. The van der Waals surface area contributed by atoms with Gasteiger partial charge in [-0.15, -0.1) is 0 Å². The Labute approximate surface area is 134 Å². The van der Waals surface area contributed by atoms with Gasteiger partial charge < -0.3 is 10.1 Å². The SMILES string of the molecule is C=C1CC(=O)N(c2ccc(Nc3ccc(OC)cc3)cc2)C1=O. The lowest BCUT2D eigenvalue weighted by Gasteiger charge is -2.14. The molecule has 1 N–H and O–H groups in total. The Morgan fingerprint density at radius 2 is 1.57 bits per heavy atom. The first kappa shape index (κ1) is 14.8. The van der Waals surface area contributed by atoms with Gasteiger partial charge in [0.1, 0.15) is 5.75 Å². The summed E-state index contributed by atoms with van der Waals surface area (Å²) in [5, 5.41) is 3.24. The highest BCUT2D eigenvalue weighted by Crippen LogP contribution is 2.27. The molecule has 23 heavy (non-hydrogen) atoms. The number of benzene rings is 2. The maximum Gasteiger partial charge on any atom is 0.260 e. The number of nitrogens with one attached hydrogen (secondary N) is 1. The first-order valence-corrected chi connectivity index (χ1v) is 7.14. The zero-order valence-corrected chi connectivity index (χ0v) is 12.7. The molecule has 0 spiro atoms. The molecule has 5 heteroatoms. The summed E-state index contributed by atoms with van der Waals surface area (Å²) in [6.07, 6.45) is 0.0880. The number of amides is 2. The van der Waals surface area contributed by atoms with E-state index in [-0.39, 0.29) is 18.2 Å². The van der Waals surface area contributed by atoms with E-state index < -0.39 is 0 Å². The summed E-state index contributed by atoms with van der Waals surface area (Å²) < 4.78 is 5.12. The molecule has 0 unspecified atom stereocenters. The maximum absolute atomic E-state index is 11.9. The third kappa shape index (κ3) is 2.94. The smallest absolute Gasteiger partial charge is 0.260 e. The monoisotopic (exact) mass is 308 g/mol. The minimum atomic E-state index is -0.328. The van der Waals surface area contributed by atoms with E-state index in [1.54, 1.807) is 19.2 Å². The van der Waals surface area contributed by atoms with E-state index >= 15 is 0 Å². The summed E-state index contributed by atoms with van der Waals surface area (Å²) in [4.78, 5) is 24.9.